The SMILES string of the molecule is Cc1cc(C)c(NC(=O)c2ccc(OCC(C)C)cc2)c(C)c1. The second kappa shape index (κ2) is 7.32. The molecule has 0 aliphatic carbocycles. The van der Waals surface area contributed by atoms with E-state index >= 15 is 0 Å². The molecule has 0 aliphatic heterocycles. The van der Waals surface area contributed by atoms with Crippen LogP contribution in [0.25, 0.3) is 0 Å². The standard InChI is InChI=1S/C20H25NO2/c1-13(2)12-23-18-8-6-17(7-9-18)20(22)21-19-15(4)10-14(3)11-16(19)5/h6-11,13H,12H2,1-5H3,(H,21,22). The number of amides is 1. The fraction of sp³-hybridized carbons (Fsp3) is 0.350. The van der Waals surface area contributed by atoms with Gasteiger partial charge in [0.2, 0.25) is 0 Å². The highest BCUT2D eigenvalue weighted by molar-refractivity contribution is 6.05. The van der Waals surface area contributed by atoms with Gasteiger partial charge in [-0.15, -0.1) is 0 Å². The maximum absolute atomic E-state index is 12.4. The summed E-state index contributed by atoms with van der Waals surface area (Å²) in [6.07, 6.45) is 0. The van der Waals surface area contributed by atoms with Gasteiger partial charge in [0, 0.05) is 11.3 Å². The third-order valence-electron chi connectivity index (χ3n) is 3.62. The number of anilines is 1. The van der Waals surface area contributed by atoms with Gasteiger partial charge in [-0.2, -0.15) is 0 Å². The molecule has 3 heteroatoms. The minimum absolute atomic E-state index is 0.101. The van der Waals surface area contributed by atoms with Crippen molar-refractivity contribution in [2.45, 2.75) is 34.6 Å². The molecule has 2 aromatic carbocycles. The third kappa shape index (κ3) is 4.59. The highest BCUT2D eigenvalue weighted by Crippen LogP contribution is 2.23. The monoisotopic (exact) mass is 311 g/mol. The quantitative estimate of drug-likeness (QED) is 0.853. The Morgan fingerprint density at radius 3 is 2.13 bits per heavy atom. The molecule has 1 N–H and O–H groups in total. The van der Waals surface area contributed by atoms with Crippen molar-refractivity contribution in [3.05, 3.63) is 58.7 Å². The third-order valence-corrected chi connectivity index (χ3v) is 3.62. The van der Waals surface area contributed by atoms with E-state index in [1.54, 1.807) is 12.1 Å². The lowest BCUT2D eigenvalue weighted by molar-refractivity contribution is 0.102. The van der Waals surface area contributed by atoms with Crippen molar-refractivity contribution < 1.29 is 9.53 Å². The van der Waals surface area contributed by atoms with Gasteiger partial charge in [0.1, 0.15) is 5.75 Å². The molecule has 1 amide bonds. The summed E-state index contributed by atoms with van der Waals surface area (Å²) in [5, 5.41) is 3.01. The van der Waals surface area contributed by atoms with Gasteiger partial charge >= 0.3 is 0 Å². The smallest absolute Gasteiger partial charge is 0.255 e. The largest absolute Gasteiger partial charge is 0.493 e. The number of nitrogens with one attached hydrogen (secondary N) is 1. The summed E-state index contributed by atoms with van der Waals surface area (Å²) in [6.45, 7) is 11.0. The van der Waals surface area contributed by atoms with Crippen LogP contribution in [0, 0.1) is 26.7 Å². The van der Waals surface area contributed by atoms with Crippen molar-refractivity contribution in [2.75, 3.05) is 11.9 Å². The molecular formula is C20H25NO2. The summed E-state index contributed by atoms with van der Waals surface area (Å²) in [5.74, 6) is 1.17. The summed E-state index contributed by atoms with van der Waals surface area (Å²) in [5.41, 5.74) is 4.87. The molecule has 0 heterocycles. The number of rotatable bonds is 5. The number of carbonyl (C=O) groups is 1. The van der Waals surface area contributed by atoms with E-state index in [4.69, 9.17) is 4.74 Å². The van der Waals surface area contributed by atoms with Crippen LogP contribution in [0.15, 0.2) is 36.4 Å². The second-order valence-corrected chi connectivity index (χ2v) is 6.46. The van der Waals surface area contributed by atoms with Crippen molar-refractivity contribution in [3.63, 3.8) is 0 Å². The van der Waals surface area contributed by atoms with Crippen molar-refractivity contribution >= 4 is 11.6 Å². The fourth-order valence-electron chi connectivity index (χ4n) is 2.53. The van der Waals surface area contributed by atoms with Gasteiger partial charge in [-0.05, 0) is 62.1 Å². The first-order chi connectivity index (χ1) is 10.9. The molecule has 23 heavy (non-hydrogen) atoms. The zero-order chi connectivity index (χ0) is 17.0. The molecule has 2 aromatic rings. The van der Waals surface area contributed by atoms with Gasteiger partial charge in [-0.1, -0.05) is 31.5 Å². The molecular weight excluding hydrogens is 286 g/mol. The van der Waals surface area contributed by atoms with Gasteiger partial charge in [0.05, 0.1) is 6.61 Å². The lowest BCUT2D eigenvalue weighted by atomic mass is 10.0. The predicted molar refractivity (Wildman–Crippen MR) is 95.4 cm³/mol. The lowest BCUT2D eigenvalue weighted by Crippen LogP contribution is -2.14. The summed E-state index contributed by atoms with van der Waals surface area (Å²) in [6, 6.07) is 11.4. The minimum Gasteiger partial charge on any atom is -0.493 e. The van der Waals surface area contributed by atoms with E-state index < -0.39 is 0 Å². The minimum atomic E-state index is -0.101. The average molecular weight is 311 g/mol. The predicted octanol–water partition coefficient (Wildman–Crippen LogP) is 4.90. The number of benzene rings is 2. The summed E-state index contributed by atoms with van der Waals surface area (Å²) < 4.78 is 5.64. The molecule has 122 valence electrons. The normalized spacial score (nSPS) is 10.7. The summed E-state index contributed by atoms with van der Waals surface area (Å²) in [7, 11) is 0. The van der Waals surface area contributed by atoms with Gasteiger partial charge in [-0.3, -0.25) is 4.79 Å². The first-order valence-electron chi connectivity index (χ1n) is 7.99. The first-order valence-corrected chi connectivity index (χ1v) is 7.99. The number of ether oxygens (including phenoxy) is 1. The van der Waals surface area contributed by atoms with Crippen LogP contribution in [0.4, 0.5) is 5.69 Å². The van der Waals surface area contributed by atoms with Gasteiger partial charge in [0.15, 0.2) is 0 Å². The van der Waals surface area contributed by atoms with Crippen LogP contribution in [0.1, 0.15) is 40.9 Å². The van der Waals surface area contributed by atoms with Crippen LogP contribution in [0.2, 0.25) is 0 Å². The molecule has 0 saturated carbocycles. The molecule has 0 unspecified atom stereocenters. The number of hydrogen-bond donors (Lipinski definition) is 1. The molecule has 0 aliphatic rings. The van der Waals surface area contributed by atoms with E-state index in [0.717, 1.165) is 22.6 Å². The zero-order valence-corrected chi connectivity index (χ0v) is 14.6. The number of carbonyl (C=O) groups excluding carboxylic acids is 1. The fourth-order valence-corrected chi connectivity index (χ4v) is 2.53. The molecule has 3 nitrogen and oxygen atoms in total. The van der Waals surface area contributed by atoms with E-state index in [2.05, 4.69) is 38.2 Å². The van der Waals surface area contributed by atoms with Crippen molar-refractivity contribution in [2.24, 2.45) is 5.92 Å². The van der Waals surface area contributed by atoms with Crippen LogP contribution < -0.4 is 10.1 Å². The highest BCUT2D eigenvalue weighted by atomic mass is 16.5. The Labute approximate surface area is 138 Å². The molecule has 0 radical (unpaired) electrons. The summed E-state index contributed by atoms with van der Waals surface area (Å²) >= 11 is 0. The molecule has 2 rings (SSSR count). The average Bonchev–Trinajstić information content (AvgIpc) is 2.49. The van der Waals surface area contributed by atoms with Crippen molar-refractivity contribution in [1.29, 1.82) is 0 Å². The van der Waals surface area contributed by atoms with E-state index in [9.17, 15) is 4.79 Å². The summed E-state index contributed by atoms with van der Waals surface area (Å²) in [4.78, 5) is 12.4. The van der Waals surface area contributed by atoms with Crippen LogP contribution in [0.3, 0.4) is 0 Å². The van der Waals surface area contributed by atoms with Crippen LogP contribution in [0.5, 0.6) is 5.75 Å². The topological polar surface area (TPSA) is 38.3 Å². The Kier molecular flexibility index (Phi) is 5.43. The van der Waals surface area contributed by atoms with Crippen LogP contribution in [-0.2, 0) is 0 Å². The Morgan fingerprint density at radius 2 is 1.61 bits per heavy atom. The van der Waals surface area contributed by atoms with E-state index in [1.807, 2.05) is 26.0 Å². The zero-order valence-electron chi connectivity index (χ0n) is 14.6. The Hall–Kier alpha value is -2.29. The molecule has 0 saturated heterocycles. The Bertz CT molecular complexity index is 664. The highest BCUT2D eigenvalue weighted by Gasteiger charge is 2.10. The van der Waals surface area contributed by atoms with Crippen molar-refractivity contribution in [3.8, 4) is 5.75 Å². The molecule has 0 fully saturated rings. The molecule has 0 atom stereocenters. The Balaban J connectivity index is 2.09. The van der Waals surface area contributed by atoms with Gasteiger partial charge in [0.25, 0.3) is 5.91 Å². The molecule has 0 spiro atoms. The first kappa shape index (κ1) is 17.1. The second-order valence-electron chi connectivity index (χ2n) is 6.46. The van der Waals surface area contributed by atoms with Crippen molar-refractivity contribution in [1.82, 2.24) is 0 Å². The van der Waals surface area contributed by atoms with E-state index in [-0.39, 0.29) is 5.91 Å². The van der Waals surface area contributed by atoms with Crippen LogP contribution >= 0.6 is 0 Å². The van der Waals surface area contributed by atoms with Gasteiger partial charge in [-0.25, -0.2) is 0 Å². The van der Waals surface area contributed by atoms with Crippen LogP contribution in [-0.4, -0.2) is 12.5 Å². The number of hydrogen-bond acceptors (Lipinski definition) is 2. The molecule has 0 aromatic heterocycles. The maximum Gasteiger partial charge on any atom is 0.255 e. The molecule has 0 bridgehead atoms. The maximum atomic E-state index is 12.4. The number of aryl methyl sites for hydroxylation is 3. The van der Waals surface area contributed by atoms with E-state index in [0.29, 0.717) is 18.1 Å². The van der Waals surface area contributed by atoms with E-state index in [1.165, 1.54) is 5.56 Å². The van der Waals surface area contributed by atoms with Gasteiger partial charge < -0.3 is 10.1 Å². The lowest BCUT2D eigenvalue weighted by Gasteiger charge is -2.13. The Morgan fingerprint density at radius 1 is 1.04 bits per heavy atom.